The van der Waals surface area contributed by atoms with Crippen LogP contribution in [0.5, 0.6) is 5.75 Å². The lowest BCUT2D eigenvalue weighted by molar-refractivity contribution is -0.160. The normalized spacial score (nSPS) is 16.3. The number of phenols is 1. The Morgan fingerprint density at radius 3 is 2.73 bits per heavy atom. The summed E-state index contributed by atoms with van der Waals surface area (Å²) in [5.41, 5.74) is -1.82. The molecule has 30 heavy (non-hydrogen) atoms. The van der Waals surface area contributed by atoms with Gasteiger partial charge in [-0.15, -0.1) is 0 Å². The van der Waals surface area contributed by atoms with Crippen molar-refractivity contribution in [3.05, 3.63) is 56.9 Å². The smallest absolute Gasteiger partial charge is 0.340 e. The molecule has 1 aliphatic rings. The molecule has 2 aromatic heterocycles. The molecular formula is C22H22N2O6. The van der Waals surface area contributed by atoms with Crippen LogP contribution in [0.2, 0.25) is 0 Å². The highest BCUT2D eigenvalue weighted by Crippen LogP contribution is 2.39. The van der Waals surface area contributed by atoms with E-state index in [4.69, 9.17) is 4.11 Å². The number of aryl methyl sites for hydroxylation is 1. The molecule has 8 heteroatoms. The van der Waals surface area contributed by atoms with Crippen LogP contribution in [0.3, 0.4) is 0 Å². The number of aromatic nitrogens is 2. The third-order valence-corrected chi connectivity index (χ3v) is 5.79. The lowest BCUT2D eigenvalue weighted by Crippen LogP contribution is -2.39. The van der Waals surface area contributed by atoms with Gasteiger partial charge in [-0.05, 0) is 42.7 Å². The van der Waals surface area contributed by atoms with Crippen molar-refractivity contribution in [2.24, 2.45) is 0 Å². The molecule has 0 unspecified atom stereocenters. The fraction of sp³-hybridized carbons (Fsp3) is 0.318. The fourth-order valence-electron chi connectivity index (χ4n) is 4.12. The third kappa shape index (κ3) is 2.64. The maximum absolute atomic E-state index is 13.2. The minimum atomic E-state index is -2.40. The Balaban J connectivity index is 2.08. The third-order valence-electron chi connectivity index (χ3n) is 5.79. The molecule has 4 N–H and O–H groups in total. The summed E-state index contributed by atoms with van der Waals surface area (Å²) in [7, 11) is 0. The number of hydrogen-bond acceptors (Lipinski definition) is 6. The lowest BCUT2D eigenvalue weighted by atomic mass is 9.87. The number of benzene rings is 1. The van der Waals surface area contributed by atoms with Crippen LogP contribution in [0.25, 0.3) is 22.3 Å². The number of carboxylic acids is 1. The molecule has 4 rings (SSSR count). The van der Waals surface area contributed by atoms with Crippen molar-refractivity contribution >= 4 is 16.9 Å². The van der Waals surface area contributed by atoms with Crippen molar-refractivity contribution < 1.29 is 29.3 Å². The van der Waals surface area contributed by atoms with Crippen LogP contribution in [-0.4, -0.2) is 35.9 Å². The molecule has 3 heterocycles. The van der Waals surface area contributed by atoms with E-state index in [2.05, 4.69) is 4.98 Å². The Labute approximate surface area is 175 Å². The van der Waals surface area contributed by atoms with Gasteiger partial charge in [0.2, 0.25) is 0 Å². The van der Waals surface area contributed by atoms with Crippen molar-refractivity contribution in [2.75, 3.05) is 0 Å². The van der Waals surface area contributed by atoms with E-state index in [1.807, 2.05) is 0 Å². The van der Waals surface area contributed by atoms with E-state index in [0.717, 1.165) is 0 Å². The van der Waals surface area contributed by atoms with Gasteiger partial charge in [-0.1, -0.05) is 13.8 Å². The predicted octanol–water partition coefficient (Wildman–Crippen LogP) is 1.87. The Kier molecular flexibility index (Phi) is 3.82. The lowest BCUT2D eigenvalue weighted by Gasteiger charge is -2.25. The Hall–Kier alpha value is -3.23. The van der Waals surface area contributed by atoms with Crippen LogP contribution in [0.1, 0.15) is 46.6 Å². The van der Waals surface area contributed by atoms with Gasteiger partial charge in [0.05, 0.1) is 30.1 Å². The first-order valence-corrected chi connectivity index (χ1v) is 9.40. The molecule has 0 amide bonds. The number of hydrogen-bond donors (Lipinski definition) is 4. The first kappa shape index (κ1) is 16.6. The zero-order valence-electron chi connectivity index (χ0n) is 19.1. The van der Waals surface area contributed by atoms with Gasteiger partial charge in [0.25, 0.3) is 5.56 Å². The molecular weight excluding hydrogens is 388 g/mol. The highest BCUT2D eigenvalue weighted by atomic mass is 16.4. The van der Waals surface area contributed by atoms with E-state index in [9.17, 15) is 30.0 Å². The van der Waals surface area contributed by atoms with E-state index >= 15 is 0 Å². The van der Waals surface area contributed by atoms with Crippen LogP contribution in [0.15, 0.2) is 29.1 Å². The summed E-state index contributed by atoms with van der Waals surface area (Å²) in [6.07, 6.45) is -0.589. The maximum Gasteiger partial charge on any atom is 0.340 e. The average Bonchev–Trinajstić information content (AvgIpc) is 3.11. The first-order chi connectivity index (χ1) is 15.4. The molecule has 1 atom stereocenters. The monoisotopic (exact) mass is 413 g/mol. The van der Waals surface area contributed by atoms with Gasteiger partial charge in [-0.25, -0.2) is 9.78 Å². The van der Waals surface area contributed by atoms with Crippen molar-refractivity contribution in [3.63, 3.8) is 0 Å². The Bertz CT molecular complexity index is 1370. The van der Waals surface area contributed by atoms with E-state index in [-0.39, 0.29) is 42.0 Å². The molecule has 0 aliphatic carbocycles. The van der Waals surface area contributed by atoms with Crippen molar-refractivity contribution in [2.45, 2.75) is 45.4 Å². The Morgan fingerprint density at radius 1 is 1.33 bits per heavy atom. The summed E-state index contributed by atoms with van der Waals surface area (Å²) in [5.74, 6) is -1.63. The number of aliphatic hydroxyl groups is 2. The van der Waals surface area contributed by atoms with Crippen molar-refractivity contribution in [3.8, 4) is 17.1 Å². The maximum atomic E-state index is 13.2. The van der Waals surface area contributed by atoms with Crippen molar-refractivity contribution in [1.82, 2.24) is 9.55 Å². The SMILES string of the molecule is [2H]C([2H])([2H])Cc1c2c(nc3ccc(O)cc13)-c1cc([C@@](O)(CC)C(=O)O)c(CO)c(=O)n1C2. The quantitative estimate of drug-likeness (QED) is 0.392. The summed E-state index contributed by atoms with van der Waals surface area (Å²) in [6, 6.07) is 5.68. The number of carboxylic acid groups (broad SMARTS) is 1. The number of rotatable bonds is 5. The molecule has 156 valence electrons. The van der Waals surface area contributed by atoms with Gasteiger partial charge < -0.3 is 25.0 Å². The number of aliphatic carboxylic acids is 1. The molecule has 0 bridgehead atoms. The number of fused-ring (bicyclic) bond motifs is 4. The zero-order valence-corrected chi connectivity index (χ0v) is 16.1. The van der Waals surface area contributed by atoms with Gasteiger partial charge >= 0.3 is 5.97 Å². The minimum absolute atomic E-state index is 0.0432. The summed E-state index contributed by atoms with van der Waals surface area (Å²) < 4.78 is 24.6. The molecule has 0 spiro atoms. The van der Waals surface area contributed by atoms with E-state index in [1.165, 1.54) is 35.8 Å². The molecule has 1 aliphatic heterocycles. The molecule has 0 saturated carbocycles. The number of aliphatic hydroxyl groups excluding tert-OH is 1. The van der Waals surface area contributed by atoms with E-state index < -0.39 is 30.6 Å². The molecule has 0 fully saturated rings. The predicted molar refractivity (Wildman–Crippen MR) is 109 cm³/mol. The largest absolute Gasteiger partial charge is 0.508 e. The topological polar surface area (TPSA) is 133 Å². The van der Waals surface area contributed by atoms with E-state index in [0.29, 0.717) is 27.7 Å². The van der Waals surface area contributed by atoms with Crippen LogP contribution >= 0.6 is 0 Å². The molecule has 8 nitrogen and oxygen atoms in total. The Morgan fingerprint density at radius 2 is 2.10 bits per heavy atom. The summed E-state index contributed by atoms with van der Waals surface area (Å²) in [6.45, 7) is -1.73. The molecule has 3 aromatic rings. The van der Waals surface area contributed by atoms with Crippen LogP contribution < -0.4 is 5.56 Å². The van der Waals surface area contributed by atoms with Gasteiger partial charge in [0.1, 0.15) is 5.75 Å². The number of nitrogens with zero attached hydrogens (tertiary/aromatic N) is 2. The van der Waals surface area contributed by atoms with Gasteiger partial charge in [-0.3, -0.25) is 4.79 Å². The van der Waals surface area contributed by atoms with Crippen molar-refractivity contribution in [1.29, 1.82) is 0 Å². The minimum Gasteiger partial charge on any atom is -0.508 e. The van der Waals surface area contributed by atoms with Crippen LogP contribution in [0, 0.1) is 0 Å². The van der Waals surface area contributed by atoms with Gasteiger partial charge in [0.15, 0.2) is 5.60 Å². The summed E-state index contributed by atoms with van der Waals surface area (Å²) >= 11 is 0. The second-order valence-corrected chi connectivity index (χ2v) is 7.29. The molecule has 0 radical (unpaired) electrons. The average molecular weight is 413 g/mol. The highest BCUT2D eigenvalue weighted by Gasteiger charge is 2.41. The van der Waals surface area contributed by atoms with Gasteiger partial charge in [-0.2, -0.15) is 0 Å². The van der Waals surface area contributed by atoms with Crippen LogP contribution in [0.4, 0.5) is 0 Å². The van der Waals surface area contributed by atoms with Crippen LogP contribution in [-0.2, 0) is 30.0 Å². The zero-order chi connectivity index (χ0) is 24.3. The standard InChI is InChI=1S/C22H22N2O6/c1-3-12-13-7-11(26)5-6-17(13)23-19-14(12)9-24-18(19)8-16(15(10-25)20(24)27)22(30,4-2)21(28)29/h5-8,25-26,30H,3-4,9-10H2,1-2H3,(H,28,29)/t22-/m0/s1/i1D3. The first-order valence-electron chi connectivity index (χ1n) is 10.9. The molecule has 0 saturated heterocycles. The summed E-state index contributed by atoms with van der Waals surface area (Å²) in [5, 5.41) is 40.7. The van der Waals surface area contributed by atoms with Gasteiger partial charge in [0, 0.05) is 26.2 Å². The summed E-state index contributed by atoms with van der Waals surface area (Å²) in [4.78, 5) is 29.7. The van der Waals surface area contributed by atoms with E-state index in [1.54, 1.807) is 0 Å². The number of pyridine rings is 2. The number of carbonyl (C=O) groups is 1. The second-order valence-electron chi connectivity index (χ2n) is 7.29. The fourth-order valence-corrected chi connectivity index (χ4v) is 4.12. The highest BCUT2D eigenvalue weighted by molar-refractivity contribution is 5.89. The second kappa shape index (κ2) is 6.93. The number of aromatic hydroxyl groups is 1. The number of phenolic OH excluding ortho intramolecular Hbond substituents is 1. The molecule has 1 aromatic carbocycles.